The van der Waals surface area contributed by atoms with Crippen LogP contribution in [0.25, 0.3) is 0 Å². The van der Waals surface area contributed by atoms with Crippen LogP contribution in [0.1, 0.15) is 26.3 Å². The van der Waals surface area contributed by atoms with Crippen molar-refractivity contribution in [3.63, 3.8) is 0 Å². The second-order valence-corrected chi connectivity index (χ2v) is 6.82. The molecule has 0 aliphatic carbocycles. The van der Waals surface area contributed by atoms with Crippen LogP contribution in [0.4, 0.5) is 0 Å². The predicted molar refractivity (Wildman–Crippen MR) is 116 cm³/mol. The number of hydrogen-bond acceptors (Lipinski definition) is 4. The molecule has 0 radical (unpaired) electrons. The number of likely N-dealkylation sites (N-methyl/N-ethyl adjacent to an activating group) is 3. The molecule has 162 valence electrons. The van der Waals surface area contributed by atoms with E-state index in [1.165, 1.54) is 4.90 Å². The Labute approximate surface area is 174 Å². The molecule has 0 aliphatic heterocycles. The Kier molecular flexibility index (Phi) is 10.6. The highest BCUT2D eigenvalue weighted by Gasteiger charge is 2.15. The van der Waals surface area contributed by atoms with Gasteiger partial charge in [-0.25, -0.2) is 4.99 Å². The SMILES string of the molecule is CCNC(=NCc1cccc(OCC(=O)N(C)C)c1)N(C)CC(=O)N(CC)CC. The fraction of sp³-hybridized carbons (Fsp3) is 0.571. The van der Waals surface area contributed by atoms with E-state index >= 15 is 0 Å². The monoisotopic (exact) mass is 405 g/mol. The van der Waals surface area contributed by atoms with Crippen molar-refractivity contribution in [2.24, 2.45) is 4.99 Å². The molecule has 8 nitrogen and oxygen atoms in total. The van der Waals surface area contributed by atoms with Gasteiger partial charge in [-0.3, -0.25) is 9.59 Å². The molecule has 0 aliphatic rings. The van der Waals surface area contributed by atoms with Crippen LogP contribution in [-0.2, 0) is 16.1 Å². The normalized spacial score (nSPS) is 11.0. The van der Waals surface area contributed by atoms with Gasteiger partial charge >= 0.3 is 0 Å². The largest absolute Gasteiger partial charge is 0.484 e. The summed E-state index contributed by atoms with van der Waals surface area (Å²) in [5.74, 6) is 1.27. The molecule has 29 heavy (non-hydrogen) atoms. The molecular weight excluding hydrogens is 370 g/mol. The smallest absolute Gasteiger partial charge is 0.259 e. The molecular formula is C21H35N5O3. The Hall–Kier alpha value is -2.77. The minimum absolute atomic E-state index is 0.00142. The third kappa shape index (κ3) is 8.41. The Morgan fingerprint density at radius 3 is 2.34 bits per heavy atom. The lowest BCUT2D eigenvalue weighted by Crippen LogP contribution is -2.45. The van der Waals surface area contributed by atoms with E-state index in [1.54, 1.807) is 19.0 Å². The van der Waals surface area contributed by atoms with Gasteiger partial charge in [0.15, 0.2) is 12.6 Å². The van der Waals surface area contributed by atoms with Crippen LogP contribution in [0.5, 0.6) is 5.75 Å². The molecule has 0 heterocycles. The molecule has 2 amide bonds. The van der Waals surface area contributed by atoms with E-state index in [2.05, 4.69) is 10.3 Å². The summed E-state index contributed by atoms with van der Waals surface area (Å²) in [5.41, 5.74) is 0.957. The molecule has 1 aromatic rings. The first-order chi connectivity index (χ1) is 13.8. The zero-order valence-corrected chi connectivity index (χ0v) is 18.6. The molecule has 0 unspecified atom stereocenters. The maximum absolute atomic E-state index is 12.4. The number of carbonyl (C=O) groups is 2. The predicted octanol–water partition coefficient (Wildman–Crippen LogP) is 1.42. The van der Waals surface area contributed by atoms with E-state index in [0.29, 0.717) is 37.9 Å². The number of hydrogen-bond donors (Lipinski definition) is 1. The fourth-order valence-electron chi connectivity index (χ4n) is 2.60. The average molecular weight is 406 g/mol. The average Bonchev–Trinajstić information content (AvgIpc) is 2.70. The van der Waals surface area contributed by atoms with Gasteiger partial charge in [-0.1, -0.05) is 12.1 Å². The van der Waals surface area contributed by atoms with E-state index in [1.807, 2.05) is 57.0 Å². The van der Waals surface area contributed by atoms with Crippen molar-refractivity contribution in [2.45, 2.75) is 27.3 Å². The van der Waals surface area contributed by atoms with E-state index in [-0.39, 0.29) is 25.0 Å². The van der Waals surface area contributed by atoms with Gasteiger partial charge in [-0.05, 0) is 38.5 Å². The van der Waals surface area contributed by atoms with Gasteiger partial charge < -0.3 is 24.8 Å². The van der Waals surface area contributed by atoms with Crippen molar-refractivity contribution >= 4 is 17.8 Å². The number of nitrogens with one attached hydrogen (secondary N) is 1. The number of carbonyl (C=O) groups excluding carboxylic acids is 2. The standard InChI is InChI=1S/C21H35N5O3/c1-7-22-21(25(6)15-19(27)26(8-2)9-3)23-14-17-11-10-12-18(13-17)29-16-20(28)24(4)5/h10-13H,7-9,14-16H2,1-6H3,(H,22,23). The molecule has 1 rings (SSSR count). The van der Waals surface area contributed by atoms with Crippen molar-refractivity contribution in [2.75, 3.05) is 53.9 Å². The topological polar surface area (TPSA) is 77.5 Å². The number of aliphatic imine (C=N–C) groups is 1. The Morgan fingerprint density at radius 1 is 1.07 bits per heavy atom. The quantitative estimate of drug-likeness (QED) is 0.471. The molecule has 8 heteroatoms. The molecule has 0 saturated carbocycles. The number of amides is 2. The molecule has 0 fully saturated rings. The number of rotatable bonds is 10. The summed E-state index contributed by atoms with van der Waals surface area (Å²) in [6.07, 6.45) is 0. The second kappa shape index (κ2) is 12.6. The minimum atomic E-state index is -0.0950. The number of guanidine groups is 1. The Balaban J connectivity index is 2.78. The van der Waals surface area contributed by atoms with E-state index in [9.17, 15) is 9.59 Å². The van der Waals surface area contributed by atoms with Gasteiger partial charge in [0.25, 0.3) is 5.91 Å². The van der Waals surface area contributed by atoms with E-state index in [4.69, 9.17) is 4.74 Å². The summed E-state index contributed by atoms with van der Waals surface area (Å²) in [6.45, 7) is 8.74. The van der Waals surface area contributed by atoms with Crippen LogP contribution in [0.2, 0.25) is 0 Å². The van der Waals surface area contributed by atoms with Crippen LogP contribution < -0.4 is 10.1 Å². The molecule has 0 atom stereocenters. The summed E-state index contributed by atoms with van der Waals surface area (Å²) >= 11 is 0. The van der Waals surface area contributed by atoms with Crippen LogP contribution in [0.15, 0.2) is 29.3 Å². The number of ether oxygens (including phenoxy) is 1. The number of nitrogens with zero attached hydrogens (tertiary/aromatic N) is 4. The van der Waals surface area contributed by atoms with Crippen molar-refractivity contribution in [3.8, 4) is 5.75 Å². The maximum atomic E-state index is 12.4. The van der Waals surface area contributed by atoms with Crippen LogP contribution in [-0.4, -0.2) is 86.4 Å². The molecule has 0 aromatic heterocycles. The first-order valence-corrected chi connectivity index (χ1v) is 10.0. The van der Waals surface area contributed by atoms with Gasteiger partial charge in [-0.15, -0.1) is 0 Å². The lowest BCUT2D eigenvalue weighted by Gasteiger charge is -2.25. The summed E-state index contributed by atoms with van der Waals surface area (Å²) in [6, 6.07) is 7.52. The lowest BCUT2D eigenvalue weighted by molar-refractivity contribution is -0.131. The van der Waals surface area contributed by atoms with Gasteiger partial charge in [0.2, 0.25) is 5.91 Å². The fourth-order valence-corrected chi connectivity index (χ4v) is 2.60. The third-order valence-electron chi connectivity index (χ3n) is 4.36. The highest BCUT2D eigenvalue weighted by Crippen LogP contribution is 2.14. The summed E-state index contributed by atoms with van der Waals surface area (Å²) in [4.78, 5) is 33.8. The molecule has 0 bridgehead atoms. The highest BCUT2D eigenvalue weighted by molar-refractivity contribution is 5.86. The Bertz CT molecular complexity index is 687. The van der Waals surface area contributed by atoms with Crippen LogP contribution >= 0.6 is 0 Å². The summed E-state index contributed by atoms with van der Waals surface area (Å²) < 4.78 is 5.56. The Morgan fingerprint density at radius 2 is 1.76 bits per heavy atom. The summed E-state index contributed by atoms with van der Waals surface area (Å²) in [7, 11) is 5.25. The zero-order chi connectivity index (χ0) is 21.8. The van der Waals surface area contributed by atoms with E-state index < -0.39 is 0 Å². The highest BCUT2D eigenvalue weighted by atomic mass is 16.5. The first-order valence-electron chi connectivity index (χ1n) is 10.0. The zero-order valence-electron chi connectivity index (χ0n) is 18.6. The first kappa shape index (κ1) is 24.3. The molecule has 0 saturated heterocycles. The molecule has 1 aromatic carbocycles. The van der Waals surface area contributed by atoms with Gasteiger partial charge in [0.05, 0.1) is 13.1 Å². The van der Waals surface area contributed by atoms with Crippen molar-refractivity contribution in [3.05, 3.63) is 29.8 Å². The maximum Gasteiger partial charge on any atom is 0.259 e. The second-order valence-electron chi connectivity index (χ2n) is 6.82. The van der Waals surface area contributed by atoms with Crippen LogP contribution in [0.3, 0.4) is 0 Å². The van der Waals surface area contributed by atoms with Crippen LogP contribution in [0, 0.1) is 0 Å². The minimum Gasteiger partial charge on any atom is -0.484 e. The number of benzene rings is 1. The molecule has 1 N–H and O–H groups in total. The third-order valence-corrected chi connectivity index (χ3v) is 4.36. The van der Waals surface area contributed by atoms with Gasteiger partial charge in [0.1, 0.15) is 5.75 Å². The molecule has 0 spiro atoms. The van der Waals surface area contributed by atoms with Gasteiger partial charge in [0, 0.05) is 40.8 Å². The lowest BCUT2D eigenvalue weighted by atomic mass is 10.2. The van der Waals surface area contributed by atoms with E-state index in [0.717, 1.165) is 5.56 Å². The van der Waals surface area contributed by atoms with Crippen molar-refractivity contribution in [1.29, 1.82) is 0 Å². The van der Waals surface area contributed by atoms with Gasteiger partial charge in [-0.2, -0.15) is 0 Å². The summed E-state index contributed by atoms with van der Waals surface area (Å²) in [5, 5.41) is 3.22. The van der Waals surface area contributed by atoms with Crippen molar-refractivity contribution < 1.29 is 14.3 Å². The van der Waals surface area contributed by atoms with Crippen molar-refractivity contribution in [1.82, 2.24) is 20.0 Å².